The lowest BCUT2D eigenvalue weighted by Gasteiger charge is -2.34. The van der Waals surface area contributed by atoms with Crippen LogP contribution in [0.25, 0.3) is 0 Å². The molecule has 6 nitrogen and oxygen atoms in total. The van der Waals surface area contributed by atoms with Crippen molar-refractivity contribution in [2.75, 3.05) is 19.8 Å². The second-order valence-corrected chi connectivity index (χ2v) is 5.52. The third kappa shape index (κ3) is 4.89. The fourth-order valence-corrected chi connectivity index (χ4v) is 1.71. The molecule has 1 heterocycles. The van der Waals surface area contributed by atoms with Gasteiger partial charge in [-0.25, -0.2) is 0 Å². The molecule has 0 spiro atoms. The van der Waals surface area contributed by atoms with Crippen LogP contribution >= 0.6 is 0 Å². The van der Waals surface area contributed by atoms with Gasteiger partial charge in [-0.05, 0) is 6.92 Å². The van der Waals surface area contributed by atoms with Crippen LogP contribution in [-0.4, -0.2) is 54.4 Å². The number of carboxylic acids is 1. The van der Waals surface area contributed by atoms with E-state index in [-0.39, 0.29) is 11.7 Å². The van der Waals surface area contributed by atoms with Gasteiger partial charge in [0.2, 0.25) is 0 Å². The van der Waals surface area contributed by atoms with Gasteiger partial charge < -0.3 is 25.0 Å². The van der Waals surface area contributed by atoms with Crippen molar-refractivity contribution in [3.63, 3.8) is 0 Å². The molecule has 0 bridgehead atoms. The van der Waals surface area contributed by atoms with Crippen molar-refractivity contribution in [3.8, 4) is 0 Å². The Morgan fingerprint density at radius 1 is 1.44 bits per heavy atom. The standard InChI is InChI=1S/C12H23NO5/c1-8(14)10(11(15)16)13-5-4-9-17-6-12(2,3)7-18-9/h8-10,13-14H,4-7H2,1-3H3,(H,15,16). The molecule has 1 saturated heterocycles. The predicted molar refractivity (Wildman–Crippen MR) is 65.2 cm³/mol. The van der Waals surface area contributed by atoms with Crippen molar-refractivity contribution in [2.24, 2.45) is 5.41 Å². The normalized spacial score (nSPS) is 23.6. The van der Waals surface area contributed by atoms with Gasteiger partial charge in [0, 0.05) is 18.4 Å². The van der Waals surface area contributed by atoms with Crippen molar-refractivity contribution < 1.29 is 24.5 Å². The van der Waals surface area contributed by atoms with Crippen LogP contribution in [0.5, 0.6) is 0 Å². The number of aliphatic hydroxyl groups excluding tert-OH is 1. The van der Waals surface area contributed by atoms with Gasteiger partial charge in [-0.15, -0.1) is 0 Å². The van der Waals surface area contributed by atoms with Crippen molar-refractivity contribution in [3.05, 3.63) is 0 Å². The molecule has 1 aliphatic heterocycles. The van der Waals surface area contributed by atoms with Gasteiger partial charge in [0.15, 0.2) is 6.29 Å². The maximum Gasteiger partial charge on any atom is 0.323 e. The van der Waals surface area contributed by atoms with Gasteiger partial charge in [-0.1, -0.05) is 13.8 Å². The molecule has 3 N–H and O–H groups in total. The van der Waals surface area contributed by atoms with Crippen molar-refractivity contribution >= 4 is 5.97 Å². The number of aliphatic carboxylic acids is 1. The van der Waals surface area contributed by atoms with E-state index < -0.39 is 18.1 Å². The number of ether oxygens (including phenoxy) is 2. The predicted octanol–water partition coefficient (Wildman–Crippen LogP) is 0.199. The van der Waals surface area contributed by atoms with E-state index in [9.17, 15) is 9.90 Å². The van der Waals surface area contributed by atoms with Gasteiger partial charge in [-0.3, -0.25) is 4.79 Å². The van der Waals surface area contributed by atoms with E-state index in [4.69, 9.17) is 14.6 Å². The Balaban J connectivity index is 2.24. The fourth-order valence-electron chi connectivity index (χ4n) is 1.71. The Hall–Kier alpha value is -0.690. The SMILES string of the molecule is CC(O)C(NCCC1OCC(C)(C)CO1)C(=O)O. The van der Waals surface area contributed by atoms with Crippen LogP contribution in [0.15, 0.2) is 0 Å². The lowest BCUT2D eigenvalue weighted by atomic mass is 9.95. The van der Waals surface area contributed by atoms with Crippen LogP contribution < -0.4 is 5.32 Å². The van der Waals surface area contributed by atoms with Crippen LogP contribution in [0.3, 0.4) is 0 Å². The topological polar surface area (TPSA) is 88.0 Å². The van der Waals surface area contributed by atoms with Crippen LogP contribution in [-0.2, 0) is 14.3 Å². The highest BCUT2D eigenvalue weighted by Crippen LogP contribution is 2.23. The number of aliphatic hydroxyl groups is 1. The molecule has 2 atom stereocenters. The summed E-state index contributed by atoms with van der Waals surface area (Å²) < 4.78 is 11.0. The Labute approximate surface area is 107 Å². The molecular formula is C12H23NO5. The number of carboxylic acid groups (broad SMARTS) is 1. The first kappa shape index (κ1) is 15.4. The number of nitrogens with one attached hydrogen (secondary N) is 1. The average molecular weight is 261 g/mol. The lowest BCUT2D eigenvalue weighted by Crippen LogP contribution is -2.46. The lowest BCUT2D eigenvalue weighted by molar-refractivity contribution is -0.223. The zero-order valence-corrected chi connectivity index (χ0v) is 11.2. The highest BCUT2D eigenvalue weighted by atomic mass is 16.7. The van der Waals surface area contributed by atoms with Gasteiger partial charge in [0.1, 0.15) is 6.04 Å². The maximum absolute atomic E-state index is 10.8. The zero-order chi connectivity index (χ0) is 13.8. The summed E-state index contributed by atoms with van der Waals surface area (Å²) in [7, 11) is 0. The molecule has 1 rings (SSSR count). The summed E-state index contributed by atoms with van der Waals surface area (Å²) in [6.07, 6.45) is -0.671. The monoisotopic (exact) mass is 261 g/mol. The number of rotatable bonds is 6. The van der Waals surface area contributed by atoms with Gasteiger partial charge >= 0.3 is 5.97 Å². The third-order valence-corrected chi connectivity index (χ3v) is 2.81. The Morgan fingerprint density at radius 3 is 2.44 bits per heavy atom. The minimum absolute atomic E-state index is 0.0349. The summed E-state index contributed by atoms with van der Waals surface area (Å²) in [4.78, 5) is 10.8. The molecule has 0 radical (unpaired) electrons. The molecule has 0 aromatic rings. The minimum Gasteiger partial charge on any atom is -0.480 e. The Kier molecular flexibility index (Phi) is 5.52. The first-order chi connectivity index (χ1) is 8.32. The van der Waals surface area contributed by atoms with Crippen LogP contribution in [0, 0.1) is 5.41 Å². The van der Waals surface area contributed by atoms with Crippen molar-refractivity contribution in [1.29, 1.82) is 0 Å². The molecule has 1 fully saturated rings. The van der Waals surface area contributed by atoms with Gasteiger partial charge in [0.25, 0.3) is 0 Å². The highest BCUT2D eigenvalue weighted by molar-refractivity contribution is 5.74. The number of hydrogen-bond acceptors (Lipinski definition) is 5. The summed E-state index contributed by atoms with van der Waals surface area (Å²) in [5.74, 6) is -1.06. The molecule has 1 aliphatic rings. The second-order valence-electron chi connectivity index (χ2n) is 5.52. The fraction of sp³-hybridized carbons (Fsp3) is 0.917. The van der Waals surface area contributed by atoms with E-state index in [0.29, 0.717) is 26.2 Å². The minimum atomic E-state index is -1.06. The molecule has 2 unspecified atom stereocenters. The molecule has 0 aliphatic carbocycles. The van der Waals surface area contributed by atoms with E-state index in [0.717, 1.165) is 0 Å². The van der Waals surface area contributed by atoms with Crippen LogP contribution in [0.4, 0.5) is 0 Å². The molecule has 0 aromatic heterocycles. The summed E-state index contributed by atoms with van der Waals surface area (Å²) in [6.45, 7) is 7.27. The molecule has 0 aromatic carbocycles. The van der Waals surface area contributed by atoms with Gasteiger partial charge in [-0.2, -0.15) is 0 Å². The smallest absolute Gasteiger partial charge is 0.323 e. The number of hydrogen-bond donors (Lipinski definition) is 3. The van der Waals surface area contributed by atoms with E-state index in [2.05, 4.69) is 19.2 Å². The summed E-state index contributed by atoms with van der Waals surface area (Å²) in [5, 5.41) is 20.9. The maximum atomic E-state index is 10.8. The molecular weight excluding hydrogens is 238 g/mol. The second kappa shape index (κ2) is 6.47. The summed E-state index contributed by atoms with van der Waals surface area (Å²) in [6, 6.07) is -0.954. The van der Waals surface area contributed by atoms with Crippen molar-refractivity contribution in [1.82, 2.24) is 5.32 Å². The zero-order valence-electron chi connectivity index (χ0n) is 11.2. The summed E-state index contributed by atoms with van der Waals surface area (Å²) in [5.41, 5.74) is 0.0349. The Bertz CT molecular complexity index is 270. The molecule has 18 heavy (non-hydrogen) atoms. The first-order valence-corrected chi connectivity index (χ1v) is 6.19. The molecule has 0 amide bonds. The van der Waals surface area contributed by atoms with E-state index >= 15 is 0 Å². The Morgan fingerprint density at radius 2 is 2.00 bits per heavy atom. The van der Waals surface area contributed by atoms with E-state index in [1.165, 1.54) is 6.92 Å². The largest absolute Gasteiger partial charge is 0.480 e. The third-order valence-electron chi connectivity index (χ3n) is 2.81. The van der Waals surface area contributed by atoms with E-state index in [1.54, 1.807) is 0 Å². The van der Waals surface area contributed by atoms with Crippen molar-refractivity contribution in [2.45, 2.75) is 45.6 Å². The van der Waals surface area contributed by atoms with Crippen LogP contribution in [0.1, 0.15) is 27.2 Å². The molecule has 106 valence electrons. The summed E-state index contributed by atoms with van der Waals surface area (Å²) >= 11 is 0. The average Bonchev–Trinajstić information content (AvgIpc) is 2.25. The van der Waals surface area contributed by atoms with Crippen LogP contribution in [0.2, 0.25) is 0 Å². The highest BCUT2D eigenvalue weighted by Gasteiger charge is 2.28. The first-order valence-electron chi connectivity index (χ1n) is 6.19. The van der Waals surface area contributed by atoms with E-state index in [1.807, 2.05) is 0 Å². The quantitative estimate of drug-likeness (QED) is 0.633. The molecule has 6 heteroatoms. The van der Waals surface area contributed by atoms with Gasteiger partial charge in [0.05, 0.1) is 19.3 Å². The number of carbonyl (C=O) groups is 1. The molecule has 0 saturated carbocycles.